The van der Waals surface area contributed by atoms with Gasteiger partial charge in [-0.05, 0) is 113 Å². The summed E-state index contributed by atoms with van der Waals surface area (Å²) in [5.41, 5.74) is 4.25. The van der Waals surface area contributed by atoms with Crippen molar-refractivity contribution in [1.29, 1.82) is 0 Å². The standard InChI is InChI=1S/C28H28O3.Li/c1-31-26-7-6-23(21-2-3-22-12-24(27(29)30)5-4-20(22)11-21)13-25(26)28-14-17-8-18(15-28)10-19(9-17)16-28;/h2-7,11-13,17-19H,8-10,14-16H2,1H3,(H,29,30);/q;+1/p-1. The number of ether oxygens (including phenoxy) is 1. The third-order valence-electron chi connectivity index (χ3n) is 8.22. The van der Waals surface area contributed by atoms with Gasteiger partial charge in [0.15, 0.2) is 0 Å². The van der Waals surface area contributed by atoms with Gasteiger partial charge in [0, 0.05) is 5.56 Å². The zero-order valence-electron chi connectivity index (χ0n) is 18.9. The molecule has 32 heavy (non-hydrogen) atoms. The summed E-state index contributed by atoms with van der Waals surface area (Å²) in [6, 6.07) is 18.1. The Bertz CT molecular complexity index is 1160. The van der Waals surface area contributed by atoms with Crippen LogP contribution in [0.4, 0.5) is 0 Å². The van der Waals surface area contributed by atoms with Crippen LogP contribution in [0.15, 0.2) is 54.6 Å². The number of carbonyl (C=O) groups is 1. The Labute approximate surface area is 201 Å². The Morgan fingerprint density at radius 3 is 2.03 bits per heavy atom. The van der Waals surface area contributed by atoms with E-state index in [4.69, 9.17) is 4.74 Å². The average molecular weight is 418 g/mol. The van der Waals surface area contributed by atoms with E-state index in [-0.39, 0.29) is 29.8 Å². The maximum atomic E-state index is 11.2. The first kappa shape index (κ1) is 21.6. The van der Waals surface area contributed by atoms with Crippen molar-refractivity contribution in [2.75, 3.05) is 7.11 Å². The van der Waals surface area contributed by atoms with Gasteiger partial charge in [-0.3, -0.25) is 0 Å². The largest absolute Gasteiger partial charge is 1.00 e. The zero-order valence-corrected chi connectivity index (χ0v) is 18.9. The Morgan fingerprint density at radius 2 is 1.41 bits per heavy atom. The predicted molar refractivity (Wildman–Crippen MR) is 120 cm³/mol. The molecule has 0 aromatic heterocycles. The molecule has 7 rings (SSSR count). The number of carboxylic acid groups (broad SMARTS) is 1. The van der Waals surface area contributed by atoms with Gasteiger partial charge in [0.2, 0.25) is 0 Å². The van der Waals surface area contributed by atoms with Crippen molar-refractivity contribution >= 4 is 16.7 Å². The normalized spacial score (nSPS) is 27.8. The zero-order chi connectivity index (χ0) is 21.2. The van der Waals surface area contributed by atoms with Crippen LogP contribution in [0.3, 0.4) is 0 Å². The van der Waals surface area contributed by atoms with Crippen LogP contribution in [0.1, 0.15) is 54.4 Å². The van der Waals surface area contributed by atoms with Crippen LogP contribution in [0.2, 0.25) is 0 Å². The van der Waals surface area contributed by atoms with Crippen LogP contribution in [-0.4, -0.2) is 13.1 Å². The number of hydrogen-bond acceptors (Lipinski definition) is 3. The maximum Gasteiger partial charge on any atom is 1.00 e. The number of rotatable bonds is 4. The first-order valence-corrected chi connectivity index (χ1v) is 11.5. The molecule has 4 bridgehead atoms. The molecular weight excluding hydrogens is 391 g/mol. The second-order valence-electron chi connectivity index (χ2n) is 10.2. The molecule has 4 aliphatic rings. The molecule has 0 aliphatic heterocycles. The molecule has 4 saturated carbocycles. The van der Waals surface area contributed by atoms with E-state index in [9.17, 15) is 9.90 Å². The fourth-order valence-electron chi connectivity index (χ4n) is 7.29. The minimum Gasteiger partial charge on any atom is -0.545 e. The molecule has 4 fully saturated rings. The molecule has 0 radical (unpaired) electrons. The Kier molecular flexibility index (Phi) is 5.39. The summed E-state index contributed by atoms with van der Waals surface area (Å²) < 4.78 is 5.87. The van der Waals surface area contributed by atoms with Crippen molar-refractivity contribution < 1.29 is 33.5 Å². The van der Waals surface area contributed by atoms with E-state index in [0.29, 0.717) is 0 Å². The fraction of sp³-hybridized carbons (Fsp3) is 0.393. The van der Waals surface area contributed by atoms with Crippen molar-refractivity contribution in [2.45, 2.75) is 43.9 Å². The number of hydrogen-bond donors (Lipinski definition) is 0. The topological polar surface area (TPSA) is 49.4 Å². The van der Waals surface area contributed by atoms with E-state index in [1.54, 1.807) is 19.2 Å². The van der Waals surface area contributed by atoms with Gasteiger partial charge in [0.25, 0.3) is 0 Å². The Balaban J connectivity index is 0.00000216. The summed E-state index contributed by atoms with van der Waals surface area (Å²) in [6.07, 6.45) is 8.22. The first-order chi connectivity index (χ1) is 15.0. The third-order valence-corrected chi connectivity index (χ3v) is 8.22. The molecule has 3 aromatic rings. The summed E-state index contributed by atoms with van der Waals surface area (Å²) in [5.74, 6) is 2.56. The molecule has 4 heteroatoms. The minimum absolute atomic E-state index is 0. The average Bonchev–Trinajstić information content (AvgIpc) is 2.77. The van der Waals surface area contributed by atoms with Gasteiger partial charge in [0.05, 0.1) is 13.1 Å². The van der Waals surface area contributed by atoms with Crippen molar-refractivity contribution in [3.8, 4) is 16.9 Å². The van der Waals surface area contributed by atoms with Crippen LogP contribution < -0.4 is 28.7 Å². The van der Waals surface area contributed by atoms with Gasteiger partial charge in [-0.15, -0.1) is 0 Å². The number of carboxylic acids is 1. The minimum atomic E-state index is -1.14. The van der Waals surface area contributed by atoms with Crippen LogP contribution in [0, 0.1) is 17.8 Å². The van der Waals surface area contributed by atoms with Gasteiger partial charge in [0.1, 0.15) is 5.75 Å². The van der Waals surface area contributed by atoms with E-state index >= 15 is 0 Å². The molecule has 3 nitrogen and oxygen atoms in total. The number of benzene rings is 3. The van der Waals surface area contributed by atoms with Crippen molar-refractivity contribution in [3.63, 3.8) is 0 Å². The molecule has 4 aliphatic carbocycles. The Hall–Kier alpha value is -2.21. The molecule has 158 valence electrons. The van der Waals surface area contributed by atoms with Gasteiger partial charge in [-0.1, -0.05) is 30.3 Å². The number of methoxy groups -OCH3 is 1. The quantitative estimate of drug-likeness (QED) is 0.612. The smallest absolute Gasteiger partial charge is 0.545 e. The SMILES string of the molecule is COc1ccc(-c2ccc3cc(C(=O)[O-])ccc3c2)cc1C12CC3CC(CC(C3)C1)C2.[Li+]. The van der Waals surface area contributed by atoms with Gasteiger partial charge in [-0.25, -0.2) is 0 Å². The van der Waals surface area contributed by atoms with Crippen molar-refractivity contribution in [2.24, 2.45) is 17.8 Å². The van der Waals surface area contributed by atoms with E-state index in [2.05, 4.69) is 30.3 Å². The van der Waals surface area contributed by atoms with E-state index in [1.807, 2.05) is 12.1 Å². The van der Waals surface area contributed by atoms with Gasteiger partial charge < -0.3 is 14.6 Å². The molecule has 0 N–H and O–H groups in total. The number of carbonyl (C=O) groups excluding carboxylic acids is 1. The second kappa shape index (κ2) is 7.98. The second-order valence-corrected chi connectivity index (χ2v) is 10.2. The van der Waals surface area contributed by atoms with Crippen LogP contribution >= 0.6 is 0 Å². The van der Waals surface area contributed by atoms with E-state index in [0.717, 1.165) is 39.8 Å². The molecule has 0 saturated heterocycles. The van der Waals surface area contributed by atoms with E-state index < -0.39 is 5.97 Å². The maximum absolute atomic E-state index is 11.2. The monoisotopic (exact) mass is 418 g/mol. The Morgan fingerprint density at radius 1 is 0.844 bits per heavy atom. The van der Waals surface area contributed by atoms with Gasteiger partial charge >= 0.3 is 18.9 Å². The molecule has 3 aromatic carbocycles. The molecule has 0 spiro atoms. The molecule has 0 amide bonds. The van der Waals surface area contributed by atoms with E-state index in [1.165, 1.54) is 49.7 Å². The third kappa shape index (κ3) is 3.47. The summed E-state index contributed by atoms with van der Waals surface area (Å²) in [6.45, 7) is 0. The van der Waals surface area contributed by atoms with Gasteiger partial charge in [-0.2, -0.15) is 0 Å². The molecule has 0 atom stereocenters. The summed E-state index contributed by atoms with van der Waals surface area (Å²) in [5, 5.41) is 13.1. The fourth-order valence-corrected chi connectivity index (χ4v) is 7.29. The van der Waals surface area contributed by atoms with Crippen LogP contribution in [0.25, 0.3) is 21.9 Å². The van der Waals surface area contributed by atoms with Crippen LogP contribution in [0.5, 0.6) is 5.75 Å². The summed E-state index contributed by atoms with van der Waals surface area (Å²) in [4.78, 5) is 11.2. The van der Waals surface area contributed by atoms with Crippen molar-refractivity contribution in [3.05, 3.63) is 65.7 Å². The van der Waals surface area contributed by atoms with Crippen LogP contribution in [-0.2, 0) is 5.41 Å². The molecular formula is C28H27LiO3. The number of fused-ring (bicyclic) bond motifs is 1. The molecule has 0 unspecified atom stereocenters. The predicted octanol–water partition coefficient (Wildman–Crippen LogP) is 2.35. The summed E-state index contributed by atoms with van der Waals surface area (Å²) >= 11 is 0. The first-order valence-electron chi connectivity index (χ1n) is 11.5. The molecule has 0 heterocycles. The summed E-state index contributed by atoms with van der Waals surface area (Å²) in [7, 11) is 1.80. The van der Waals surface area contributed by atoms with Crippen molar-refractivity contribution in [1.82, 2.24) is 0 Å². The number of aromatic carboxylic acids is 1.